The molecular weight excluding hydrogens is 400 g/mol. The average molecular weight is 419 g/mol. The van der Waals surface area contributed by atoms with Crippen LogP contribution in [0.5, 0.6) is 0 Å². The molecule has 4 nitrogen and oxygen atoms in total. The van der Waals surface area contributed by atoms with Crippen LogP contribution in [0.3, 0.4) is 0 Å². The fourth-order valence-electron chi connectivity index (χ4n) is 3.45. The quantitative estimate of drug-likeness (QED) is 0.446. The van der Waals surface area contributed by atoms with Crippen molar-refractivity contribution in [1.82, 2.24) is 9.55 Å². The molecule has 0 saturated carbocycles. The summed E-state index contributed by atoms with van der Waals surface area (Å²) in [5, 5.41) is 1.90. The van der Waals surface area contributed by atoms with Crippen LogP contribution >= 0.6 is 34.7 Å². The fourth-order valence-corrected chi connectivity index (χ4v) is 5.81. The standard InChI is InChI=1S/C20H19ClN2O2S2/c1-11-3-8-15-16(9-11)27-18-17(15)19(25)23(14-6-4-13(21)5-7-14)20(22-18)26-10-12(2)24/h4-7,11H,3,8-10H2,1-2H3. The number of aryl methyl sites for hydroxylation is 1. The van der Waals surface area contributed by atoms with Crippen LogP contribution in [0.1, 0.15) is 30.7 Å². The van der Waals surface area contributed by atoms with E-state index in [4.69, 9.17) is 16.6 Å². The van der Waals surface area contributed by atoms with E-state index >= 15 is 0 Å². The third-order valence-electron chi connectivity index (χ3n) is 4.79. The molecule has 0 radical (unpaired) electrons. The Balaban J connectivity index is 1.96. The Bertz CT molecular complexity index is 1090. The molecule has 1 atom stereocenters. The molecule has 4 rings (SSSR count). The maximum absolute atomic E-state index is 13.5. The number of thiophene rings is 1. The van der Waals surface area contributed by atoms with Crippen LogP contribution in [0.2, 0.25) is 5.02 Å². The lowest BCUT2D eigenvalue weighted by atomic mass is 9.89. The molecule has 1 aliphatic carbocycles. The van der Waals surface area contributed by atoms with E-state index in [1.807, 2.05) is 12.1 Å². The Hall–Kier alpha value is -1.63. The zero-order valence-electron chi connectivity index (χ0n) is 15.1. The molecule has 140 valence electrons. The van der Waals surface area contributed by atoms with Crippen molar-refractivity contribution in [3.8, 4) is 5.69 Å². The largest absolute Gasteiger partial charge is 0.299 e. The van der Waals surface area contributed by atoms with Crippen LogP contribution < -0.4 is 5.56 Å². The number of halogens is 1. The Morgan fingerprint density at radius 1 is 1.37 bits per heavy atom. The first-order valence-corrected chi connectivity index (χ1v) is 11.1. The molecule has 1 aromatic carbocycles. The van der Waals surface area contributed by atoms with Crippen LogP contribution in [-0.2, 0) is 17.6 Å². The minimum absolute atomic E-state index is 0.0521. The van der Waals surface area contributed by atoms with Crippen LogP contribution in [0, 0.1) is 5.92 Å². The highest BCUT2D eigenvalue weighted by atomic mass is 35.5. The molecule has 0 aliphatic heterocycles. The molecule has 2 heterocycles. The van der Waals surface area contributed by atoms with E-state index < -0.39 is 0 Å². The molecule has 0 bridgehead atoms. The van der Waals surface area contributed by atoms with Gasteiger partial charge in [0.05, 0.1) is 16.8 Å². The maximum atomic E-state index is 13.5. The molecule has 1 aliphatic rings. The lowest BCUT2D eigenvalue weighted by Gasteiger charge is -2.17. The number of ketones is 1. The fraction of sp³-hybridized carbons (Fsp3) is 0.350. The summed E-state index contributed by atoms with van der Waals surface area (Å²) < 4.78 is 1.62. The van der Waals surface area contributed by atoms with E-state index in [-0.39, 0.29) is 17.1 Å². The van der Waals surface area contributed by atoms with Gasteiger partial charge in [0.15, 0.2) is 5.16 Å². The number of hydrogen-bond acceptors (Lipinski definition) is 5. The summed E-state index contributed by atoms with van der Waals surface area (Å²) in [5.41, 5.74) is 1.82. The van der Waals surface area contributed by atoms with E-state index in [0.717, 1.165) is 35.0 Å². The van der Waals surface area contributed by atoms with Gasteiger partial charge in [-0.3, -0.25) is 14.2 Å². The number of hydrogen-bond donors (Lipinski definition) is 0. The summed E-state index contributed by atoms with van der Waals surface area (Å²) in [6.07, 6.45) is 3.03. The number of Topliss-reactive ketones (excluding diaryl/α,β-unsaturated/α-hetero) is 1. The van der Waals surface area contributed by atoms with Gasteiger partial charge in [0.1, 0.15) is 10.6 Å². The number of carbonyl (C=O) groups is 1. The third-order valence-corrected chi connectivity index (χ3v) is 7.27. The van der Waals surface area contributed by atoms with E-state index in [1.165, 1.54) is 16.6 Å². The minimum atomic E-state index is -0.0552. The molecule has 0 fully saturated rings. The summed E-state index contributed by atoms with van der Waals surface area (Å²) >= 11 is 8.95. The summed E-state index contributed by atoms with van der Waals surface area (Å²) in [6.45, 7) is 3.79. The van der Waals surface area contributed by atoms with Gasteiger partial charge in [-0.2, -0.15) is 0 Å². The number of aromatic nitrogens is 2. The summed E-state index contributed by atoms with van der Waals surface area (Å²) in [4.78, 5) is 31.9. The number of thioether (sulfide) groups is 1. The van der Waals surface area contributed by atoms with Gasteiger partial charge >= 0.3 is 0 Å². The van der Waals surface area contributed by atoms with Crippen molar-refractivity contribution in [1.29, 1.82) is 0 Å². The van der Waals surface area contributed by atoms with Crippen molar-refractivity contribution in [2.75, 3.05) is 5.75 Å². The Labute approximate surface area is 170 Å². The van der Waals surface area contributed by atoms with Crippen molar-refractivity contribution in [2.24, 2.45) is 5.92 Å². The van der Waals surface area contributed by atoms with Gasteiger partial charge in [0.25, 0.3) is 5.56 Å². The number of fused-ring (bicyclic) bond motifs is 3. The summed E-state index contributed by atoms with van der Waals surface area (Å²) in [5.74, 6) is 0.972. The van der Waals surface area contributed by atoms with Crippen LogP contribution in [-0.4, -0.2) is 21.1 Å². The Morgan fingerprint density at radius 2 is 2.11 bits per heavy atom. The lowest BCUT2D eigenvalue weighted by molar-refractivity contribution is -0.114. The minimum Gasteiger partial charge on any atom is -0.299 e. The monoisotopic (exact) mass is 418 g/mol. The highest BCUT2D eigenvalue weighted by molar-refractivity contribution is 7.99. The summed E-state index contributed by atoms with van der Waals surface area (Å²) in [6, 6.07) is 7.15. The van der Waals surface area contributed by atoms with Crippen molar-refractivity contribution in [2.45, 2.75) is 38.3 Å². The van der Waals surface area contributed by atoms with E-state index in [0.29, 0.717) is 21.8 Å². The topological polar surface area (TPSA) is 52.0 Å². The molecule has 27 heavy (non-hydrogen) atoms. The first kappa shape index (κ1) is 18.7. The molecule has 2 aromatic heterocycles. The van der Waals surface area contributed by atoms with E-state index in [2.05, 4.69) is 6.92 Å². The average Bonchev–Trinajstić information content (AvgIpc) is 2.98. The van der Waals surface area contributed by atoms with Gasteiger partial charge < -0.3 is 0 Å². The predicted molar refractivity (Wildman–Crippen MR) is 113 cm³/mol. The second-order valence-corrected chi connectivity index (χ2v) is 9.50. The van der Waals surface area contributed by atoms with Gasteiger partial charge in [-0.1, -0.05) is 30.3 Å². The number of carbonyl (C=O) groups excluding carboxylic acids is 1. The molecule has 7 heteroatoms. The van der Waals surface area contributed by atoms with E-state index in [1.54, 1.807) is 35.0 Å². The molecule has 3 aromatic rings. The maximum Gasteiger partial charge on any atom is 0.267 e. The molecule has 0 spiro atoms. The van der Waals surface area contributed by atoms with Gasteiger partial charge in [-0.05, 0) is 61.9 Å². The van der Waals surface area contributed by atoms with Gasteiger partial charge in [-0.25, -0.2) is 4.98 Å². The van der Waals surface area contributed by atoms with Crippen LogP contribution in [0.4, 0.5) is 0 Å². The van der Waals surface area contributed by atoms with Crippen molar-refractivity contribution < 1.29 is 4.79 Å². The normalized spacial score (nSPS) is 16.5. The van der Waals surface area contributed by atoms with Gasteiger partial charge in [0, 0.05) is 9.90 Å². The first-order chi connectivity index (χ1) is 12.9. The van der Waals surface area contributed by atoms with Crippen LogP contribution in [0.15, 0.2) is 34.2 Å². The highest BCUT2D eigenvalue weighted by Gasteiger charge is 2.25. The lowest BCUT2D eigenvalue weighted by Crippen LogP contribution is -2.23. The van der Waals surface area contributed by atoms with Crippen LogP contribution in [0.25, 0.3) is 15.9 Å². The smallest absolute Gasteiger partial charge is 0.267 e. The molecule has 1 unspecified atom stereocenters. The number of rotatable bonds is 4. The molecule has 0 amide bonds. The third kappa shape index (κ3) is 3.58. The molecule has 0 saturated heterocycles. The zero-order chi connectivity index (χ0) is 19.1. The summed E-state index contributed by atoms with van der Waals surface area (Å²) in [7, 11) is 0. The van der Waals surface area contributed by atoms with Crippen molar-refractivity contribution >= 4 is 50.7 Å². The van der Waals surface area contributed by atoms with E-state index in [9.17, 15) is 9.59 Å². The SMILES string of the molecule is CC(=O)CSc1nc2sc3c(c2c(=O)n1-c1ccc(Cl)cc1)CCC(C)C3. The van der Waals surface area contributed by atoms with Crippen molar-refractivity contribution in [3.63, 3.8) is 0 Å². The zero-order valence-corrected chi connectivity index (χ0v) is 17.5. The van der Waals surface area contributed by atoms with Gasteiger partial charge in [0.2, 0.25) is 0 Å². The molecule has 0 N–H and O–H groups in total. The number of benzene rings is 1. The Kier molecular flexibility index (Phi) is 5.14. The number of nitrogens with zero attached hydrogens (tertiary/aromatic N) is 2. The second kappa shape index (κ2) is 7.41. The Morgan fingerprint density at radius 3 is 2.81 bits per heavy atom. The first-order valence-electron chi connectivity index (χ1n) is 8.89. The molecular formula is C20H19ClN2O2S2. The highest BCUT2D eigenvalue weighted by Crippen LogP contribution is 2.37. The van der Waals surface area contributed by atoms with Gasteiger partial charge in [-0.15, -0.1) is 11.3 Å². The van der Waals surface area contributed by atoms with Crippen molar-refractivity contribution in [3.05, 3.63) is 50.1 Å². The predicted octanol–water partition coefficient (Wildman–Crippen LogP) is 4.91. The second-order valence-electron chi connectivity index (χ2n) is 7.03.